The van der Waals surface area contributed by atoms with Crippen LogP contribution in [0.15, 0.2) is 4.99 Å². The van der Waals surface area contributed by atoms with E-state index < -0.39 is 5.60 Å². The zero-order valence-corrected chi connectivity index (χ0v) is 15.7. The predicted molar refractivity (Wildman–Crippen MR) is 96.6 cm³/mol. The molecule has 4 atom stereocenters. The Kier molecular flexibility index (Phi) is 4.90. The number of guanidine groups is 1. The summed E-state index contributed by atoms with van der Waals surface area (Å²) in [6.07, 6.45) is 6.41. The monoisotopic (exact) mass is 421 g/mol. The molecule has 6 heteroatoms. The standard InChI is InChI=1S/C16H27N3O2.HI/c1-2-17-15(18-10-16(20)6-3-7-16)19-8-11-12(9-19)14-5-4-13(11)21-14;/h11-14,20H,2-10H2,1H3,(H,17,18);1H. The van der Waals surface area contributed by atoms with E-state index in [1.165, 1.54) is 12.8 Å². The van der Waals surface area contributed by atoms with Crippen molar-refractivity contribution in [3.8, 4) is 0 Å². The van der Waals surface area contributed by atoms with Crippen LogP contribution < -0.4 is 5.32 Å². The molecule has 0 amide bonds. The first kappa shape index (κ1) is 16.8. The average molecular weight is 421 g/mol. The summed E-state index contributed by atoms with van der Waals surface area (Å²) in [7, 11) is 0. The van der Waals surface area contributed by atoms with Crippen LogP contribution in [0.5, 0.6) is 0 Å². The third-order valence-electron chi connectivity index (χ3n) is 5.89. The summed E-state index contributed by atoms with van der Waals surface area (Å²) in [6.45, 7) is 5.67. The largest absolute Gasteiger partial charge is 0.388 e. The summed E-state index contributed by atoms with van der Waals surface area (Å²) in [5, 5.41) is 13.7. The van der Waals surface area contributed by atoms with Gasteiger partial charge in [-0.25, -0.2) is 0 Å². The van der Waals surface area contributed by atoms with Gasteiger partial charge in [-0.05, 0) is 39.0 Å². The fourth-order valence-electron chi connectivity index (χ4n) is 4.52. The first-order valence-electron chi connectivity index (χ1n) is 8.60. The van der Waals surface area contributed by atoms with Crippen molar-refractivity contribution in [2.24, 2.45) is 16.8 Å². The Morgan fingerprint density at radius 1 is 1.27 bits per heavy atom. The summed E-state index contributed by atoms with van der Waals surface area (Å²) in [6, 6.07) is 0. The van der Waals surface area contributed by atoms with Crippen LogP contribution in [0, 0.1) is 11.8 Å². The van der Waals surface area contributed by atoms with E-state index in [2.05, 4.69) is 17.1 Å². The van der Waals surface area contributed by atoms with Crippen molar-refractivity contribution >= 4 is 29.9 Å². The predicted octanol–water partition coefficient (Wildman–Crippen LogP) is 1.59. The second-order valence-corrected chi connectivity index (χ2v) is 7.27. The summed E-state index contributed by atoms with van der Waals surface area (Å²) < 4.78 is 6.04. The Bertz CT molecular complexity index is 423. The van der Waals surface area contributed by atoms with Gasteiger partial charge in [0, 0.05) is 31.5 Å². The number of fused-ring (bicyclic) bond motifs is 5. The van der Waals surface area contributed by atoms with E-state index in [0.29, 0.717) is 30.6 Å². The van der Waals surface area contributed by atoms with Crippen molar-refractivity contribution in [3.05, 3.63) is 0 Å². The van der Waals surface area contributed by atoms with Gasteiger partial charge in [0.2, 0.25) is 0 Å². The molecule has 5 nitrogen and oxygen atoms in total. The first-order valence-corrected chi connectivity index (χ1v) is 8.60. The highest BCUT2D eigenvalue weighted by Gasteiger charge is 2.53. The molecule has 4 rings (SSSR count). The van der Waals surface area contributed by atoms with Crippen molar-refractivity contribution < 1.29 is 9.84 Å². The summed E-state index contributed by atoms with van der Waals surface area (Å²) in [5.41, 5.74) is -0.529. The molecule has 0 spiro atoms. The van der Waals surface area contributed by atoms with Gasteiger partial charge in [-0.15, -0.1) is 24.0 Å². The van der Waals surface area contributed by atoms with Crippen LogP contribution in [-0.2, 0) is 4.74 Å². The Hall–Kier alpha value is -0.0800. The SMILES string of the molecule is CCNC(=NCC1(O)CCC1)N1CC2C3CCC(O3)C2C1.I. The molecule has 1 aliphatic carbocycles. The van der Waals surface area contributed by atoms with E-state index in [0.717, 1.165) is 44.9 Å². The van der Waals surface area contributed by atoms with Gasteiger partial charge in [0.1, 0.15) is 0 Å². The van der Waals surface area contributed by atoms with Crippen molar-refractivity contribution in [3.63, 3.8) is 0 Å². The van der Waals surface area contributed by atoms with Crippen LogP contribution >= 0.6 is 24.0 Å². The molecule has 126 valence electrons. The van der Waals surface area contributed by atoms with Crippen LogP contribution in [0.3, 0.4) is 0 Å². The molecule has 0 aromatic carbocycles. The number of halogens is 1. The van der Waals surface area contributed by atoms with Gasteiger partial charge in [0.15, 0.2) is 5.96 Å². The van der Waals surface area contributed by atoms with E-state index >= 15 is 0 Å². The molecule has 0 aromatic heterocycles. The number of nitrogens with zero attached hydrogens (tertiary/aromatic N) is 2. The van der Waals surface area contributed by atoms with Crippen molar-refractivity contribution in [1.82, 2.24) is 10.2 Å². The molecule has 2 bridgehead atoms. The highest BCUT2D eigenvalue weighted by Crippen LogP contribution is 2.47. The molecular formula is C16H28IN3O2. The van der Waals surface area contributed by atoms with Gasteiger partial charge >= 0.3 is 0 Å². The van der Waals surface area contributed by atoms with E-state index in [4.69, 9.17) is 9.73 Å². The molecule has 3 heterocycles. The zero-order chi connectivity index (χ0) is 14.4. The van der Waals surface area contributed by atoms with Crippen LogP contribution in [0.4, 0.5) is 0 Å². The summed E-state index contributed by atoms with van der Waals surface area (Å²) in [4.78, 5) is 7.13. The number of aliphatic imine (C=N–C) groups is 1. The van der Waals surface area contributed by atoms with Crippen LogP contribution in [0.2, 0.25) is 0 Å². The Morgan fingerprint density at radius 2 is 1.91 bits per heavy atom. The molecule has 3 saturated heterocycles. The normalized spacial score (nSPS) is 38.5. The highest BCUT2D eigenvalue weighted by atomic mass is 127. The average Bonchev–Trinajstić information content (AvgIpc) is 3.12. The van der Waals surface area contributed by atoms with Crippen molar-refractivity contribution in [1.29, 1.82) is 0 Å². The van der Waals surface area contributed by atoms with Crippen LogP contribution in [0.1, 0.15) is 39.0 Å². The fourth-order valence-corrected chi connectivity index (χ4v) is 4.52. The smallest absolute Gasteiger partial charge is 0.194 e. The maximum atomic E-state index is 10.3. The van der Waals surface area contributed by atoms with E-state index in [9.17, 15) is 5.11 Å². The van der Waals surface area contributed by atoms with Gasteiger partial charge in [0.25, 0.3) is 0 Å². The fraction of sp³-hybridized carbons (Fsp3) is 0.938. The number of nitrogens with one attached hydrogen (secondary N) is 1. The maximum absolute atomic E-state index is 10.3. The van der Waals surface area contributed by atoms with Crippen molar-refractivity contribution in [2.75, 3.05) is 26.2 Å². The number of aliphatic hydroxyl groups is 1. The molecule has 1 saturated carbocycles. The molecule has 0 aromatic rings. The Balaban J connectivity index is 0.00000144. The molecule has 0 radical (unpaired) electrons. The highest BCUT2D eigenvalue weighted by molar-refractivity contribution is 14.0. The minimum absolute atomic E-state index is 0. The van der Waals surface area contributed by atoms with E-state index in [1.54, 1.807) is 0 Å². The van der Waals surface area contributed by atoms with Crippen LogP contribution in [0.25, 0.3) is 0 Å². The second kappa shape index (κ2) is 6.43. The van der Waals surface area contributed by atoms with Gasteiger partial charge in [-0.2, -0.15) is 0 Å². The van der Waals surface area contributed by atoms with E-state index in [-0.39, 0.29) is 24.0 Å². The number of rotatable bonds is 3. The number of ether oxygens (including phenoxy) is 1. The Labute approximate surface area is 149 Å². The molecular weight excluding hydrogens is 393 g/mol. The lowest BCUT2D eigenvalue weighted by Gasteiger charge is -2.35. The number of likely N-dealkylation sites (tertiary alicyclic amines) is 1. The lowest BCUT2D eigenvalue weighted by Crippen LogP contribution is -2.44. The number of hydrogen-bond donors (Lipinski definition) is 2. The zero-order valence-electron chi connectivity index (χ0n) is 13.3. The quantitative estimate of drug-likeness (QED) is 0.413. The van der Waals surface area contributed by atoms with Gasteiger partial charge in [-0.1, -0.05) is 0 Å². The topological polar surface area (TPSA) is 57.1 Å². The van der Waals surface area contributed by atoms with Crippen LogP contribution in [-0.4, -0.2) is 60.0 Å². The van der Waals surface area contributed by atoms with Gasteiger partial charge in [-0.3, -0.25) is 4.99 Å². The molecule has 2 N–H and O–H groups in total. The van der Waals surface area contributed by atoms with Gasteiger partial charge in [0.05, 0.1) is 24.4 Å². The third-order valence-corrected chi connectivity index (χ3v) is 5.89. The van der Waals surface area contributed by atoms with Crippen molar-refractivity contribution in [2.45, 2.75) is 56.8 Å². The third kappa shape index (κ3) is 2.86. The summed E-state index contributed by atoms with van der Waals surface area (Å²) >= 11 is 0. The lowest BCUT2D eigenvalue weighted by atomic mass is 9.80. The van der Waals surface area contributed by atoms with E-state index in [1.807, 2.05) is 0 Å². The molecule has 4 aliphatic rings. The molecule has 22 heavy (non-hydrogen) atoms. The summed E-state index contributed by atoms with van der Waals surface area (Å²) in [5.74, 6) is 2.38. The Morgan fingerprint density at radius 3 is 2.41 bits per heavy atom. The van der Waals surface area contributed by atoms with Gasteiger partial charge < -0.3 is 20.1 Å². The number of hydrogen-bond acceptors (Lipinski definition) is 3. The lowest BCUT2D eigenvalue weighted by molar-refractivity contribution is -0.0237. The molecule has 4 fully saturated rings. The molecule has 3 aliphatic heterocycles. The minimum atomic E-state index is -0.529. The molecule has 4 unspecified atom stereocenters. The first-order chi connectivity index (χ1) is 10.2. The second-order valence-electron chi connectivity index (χ2n) is 7.27. The minimum Gasteiger partial charge on any atom is -0.388 e. The maximum Gasteiger partial charge on any atom is 0.194 e.